The smallest absolute Gasteiger partial charge is 0.481 e. The Morgan fingerprint density at radius 2 is 2.11 bits per heavy atom. The summed E-state index contributed by atoms with van der Waals surface area (Å²) in [4.78, 5) is 14.1. The van der Waals surface area contributed by atoms with Gasteiger partial charge in [0.1, 0.15) is 10.4 Å². The average molecular weight is 379 g/mol. The molecule has 100 valence electrons. The lowest BCUT2D eigenvalue weighted by molar-refractivity contribution is -0.275. The number of aromatic nitrogens is 1. The van der Waals surface area contributed by atoms with E-state index in [0.717, 1.165) is 6.07 Å². The topological polar surface area (TPSA) is 59.4 Å². The van der Waals surface area contributed by atoms with Crippen LogP contribution in [0.2, 0.25) is 0 Å². The molecule has 1 N–H and O–H groups in total. The molecule has 0 bridgehead atoms. The molecule has 0 fully saturated rings. The first-order chi connectivity index (χ1) is 8.23. The Kier molecular flexibility index (Phi) is 4.71. The molecule has 1 heterocycles. The lowest BCUT2D eigenvalue weighted by atomic mass is 10.2. The summed E-state index contributed by atoms with van der Waals surface area (Å²) in [6, 6.07) is 0.942. The van der Waals surface area contributed by atoms with Gasteiger partial charge in [0.05, 0.1) is 12.1 Å². The number of halogens is 5. The van der Waals surface area contributed by atoms with Crippen LogP contribution in [0, 0.1) is 3.70 Å². The van der Waals surface area contributed by atoms with E-state index in [-0.39, 0.29) is 15.0 Å². The van der Waals surface area contributed by atoms with E-state index in [1.165, 1.54) is 22.6 Å². The highest BCUT2D eigenvalue weighted by atomic mass is 127. The van der Waals surface area contributed by atoms with Gasteiger partial charge in [-0.15, -0.1) is 13.2 Å². The van der Waals surface area contributed by atoms with Crippen LogP contribution in [0.4, 0.5) is 17.6 Å². The fraction of sp³-hybridized carbons (Fsp3) is 0.333. The van der Waals surface area contributed by atoms with Gasteiger partial charge in [-0.25, -0.2) is 9.37 Å². The van der Waals surface area contributed by atoms with Crippen LogP contribution in [-0.2, 0) is 17.9 Å². The molecule has 0 unspecified atom stereocenters. The first kappa shape index (κ1) is 14.9. The molecule has 4 nitrogen and oxygen atoms in total. The van der Waals surface area contributed by atoms with Crippen LogP contribution < -0.4 is 4.74 Å². The zero-order valence-corrected chi connectivity index (χ0v) is 10.7. The second kappa shape index (κ2) is 5.67. The third kappa shape index (κ3) is 4.27. The van der Waals surface area contributed by atoms with Crippen molar-refractivity contribution in [2.45, 2.75) is 19.5 Å². The van der Waals surface area contributed by atoms with Gasteiger partial charge < -0.3 is 9.84 Å². The summed E-state index contributed by atoms with van der Waals surface area (Å²) in [6.07, 6.45) is -5.46. The standard InChI is InChI=1S/C9H6F4INO3/c10-3-4-1-5(2-6(16)17)15-8(14)7(4)18-9(11,12)13/h1H,2-3H2,(H,16,17). The molecule has 0 aromatic carbocycles. The fourth-order valence-electron chi connectivity index (χ4n) is 1.18. The minimum atomic E-state index is -4.96. The van der Waals surface area contributed by atoms with Gasteiger partial charge in [0.15, 0.2) is 5.75 Å². The largest absolute Gasteiger partial charge is 0.573 e. The van der Waals surface area contributed by atoms with Crippen molar-refractivity contribution in [1.29, 1.82) is 0 Å². The molecule has 0 aliphatic rings. The van der Waals surface area contributed by atoms with Crippen LogP contribution in [0.15, 0.2) is 6.07 Å². The predicted octanol–water partition coefficient (Wildman–Crippen LogP) is 2.68. The van der Waals surface area contributed by atoms with Crippen molar-refractivity contribution in [3.8, 4) is 5.75 Å². The summed E-state index contributed by atoms with van der Waals surface area (Å²) in [5.74, 6) is -1.95. The Morgan fingerprint density at radius 1 is 1.50 bits per heavy atom. The maximum atomic E-state index is 12.6. The van der Waals surface area contributed by atoms with Gasteiger partial charge >= 0.3 is 12.3 Å². The van der Waals surface area contributed by atoms with Gasteiger partial charge in [-0.1, -0.05) is 0 Å². The average Bonchev–Trinajstić information content (AvgIpc) is 2.19. The van der Waals surface area contributed by atoms with Crippen molar-refractivity contribution in [1.82, 2.24) is 4.98 Å². The molecule has 1 rings (SSSR count). The Hall–Kier alpha value is -1.13. The molecular weight excluding hydrogens is 373 g/mol. The van der Waals surface area contributed by atoms with Gasteiger partial charge in [0.25, 0.3) is 0 Å². The van der Waals surface area contributed by atoms with Crippen molar-refractivity contribution in [2.24, 2.45) is 0 Å². The molecule has 1 aromatic rings. The van der Waals surface area contributed by atoms with E-state index in [1.54, 1.807) is 0 Å². The number of alkyl halides is 4. The Bertz CT molecular complexity index is 464. The number of hydrogen-bond acceptors (Lipinski definition) is 3. The van der Waals surface area contributed by atoms with Crippen LogP contribution in [0.3, 0.4) is 0 Å². The second-order valence-electron chi connectivity index (χ2n) is 3.14. The van der Waals surface area contributed by atoms with Crippen LogP contribution in [0.25, 0.3) is 0 Å². The van der Waals surface area contributed by atoms with Gasteiger partial charge in [-0.2, -0.15) is 0 Å². The minimum Gasteiger partial charge on any atom is -0.481 e. The summed E-state index contributed by atoms with van der Waals surface area (Å²) in [7, 11) is 0. The second-order valence-corrected chi connectivity index (χ2v) is 4.17. The number of carboxylic acid groups (broad SMARTS) is 1. The SMILES string of the molecule is O=C(O)Cc1cc(CF)c(OC(F)(F)F)c(I)n1. The number of pyridine rings is 1. The molecule has 0 aliphatic heterocycles. The van der Waals surface area contributed by atoms with Gasteiger partial charge in [-0.05, 0) is 28.7 Å². The monoisotopic (exact) mass is 379 g/mol. The van der Waals surface area contributed by atoms with Gasteiger partial charge in [0.2, 0.25) is 0 Å². The van der Waals surface area contributed by atoms with Crippen LogP contribution in [0.1, 0.15) is 11.3 Å². The summed E-state index contributed by atoms with van der Waals surface area (Å²) < 4.78 is 52.3. The lowest BCUT2D eigenvalue weighted by Crippen LogP contribution is -2.19. The van der Waals surface area contributed by atoms with Crippen LogP contribution in [-0.4, -0.2) is 22.4 Å². The number of hydrogen-bond donors (Lipinski definition) is 1. The Morgan fingerprint density at radius 3 is 2.56 bits per heavy atom. The summed E-state index contributed by atoms with van der Waals surface area (Å²) >= 11 is 1.43. The van der Waals surface area contributed by atoms with Crippen molar-refractivity contribution >= 4 is 28.6 Å². The van der Waals surface area contributed by atoms with Crippen LogP contribution >= 0.6 is 22.6 Å². The maximum absolute atomic E-state index is 12.6. The Balaban J connectivity index is 3.15. The quantitative estimate of drug-likeness (QED) is 0.497. The van der Waals surface area contributed by atoms with Gasteiger partial charge in [0, 0.05) is 5.56 Å². The van der Waals surface area contributed by atoms with Crippen molar-refractivity contribution < 1.29 is 32.2 Å². The van der Waals surface area contributed by atoms with Crippen molar-refractivity contribution in [3.63, 3.8) is 0 Å². The zero-order chi connectivity index (χ0) is 13.9. The molecule has 1 aromatic heterocycles. The molecular formula is C9H6F4INO3. The number of nitrogens with zero attached hydrogens (tertiary/aromatic N) is 1. The molecule has 0 saturated carbocycles. The van der Waals surface area contributed by atoms with Crippen molar-refractivity contribution in [2.75, 3.05) is 0 Å². The number of carboxylic acids is 1. The zero-order valence-electron chi connectivity index (χ0n) is 8.59. The van der Waals surface area contributed by atoms with Crippen molar-refractivity contribution in [3.05, 3.63) is 21.0 Å². The van der Waals surface area contributed by atoms with E-state index in [9.17, 15) is 22.4 Å². The number of aliphatic carboxylic acids is 1. The first-order valence-corrected chi connectivity index (χ1v) is 5.52. The maximum Gasteiger partial charge on any atom is 0.573 e. The lowest BCUT2D eigenvalue weighted by Gasteiger charge is -2.14. The highest BCUT2D eigenvalue weighted by molar-refractivity contribution is 14.1. The molecule has 0 aliphatic carbocycles. The number of ether oxygens (including phenoxy) is 1. The van der Waals surface area contributed by atoms with Crippen LogP contribution in [0.5, 0.6) is 5.75 Å². The van der Waals surface area contributed by atoms with E-state index in [1.807, 2.05) is 0 Å². The van der Waals surface area contributed by atoms with E-state index >= 15 is 0 Å². The summed E-state index contributed by atoms with van der Waals surface area (Å²) in [5, 5.41) is 8.53. The van der Waals surface area contributed by atoms with Gasteiger partial charge in [-0.3, -0.25) is 4.79 Å². The third-order valence-electron chi connectivity index (χ3n) is 1.76. The summed E-state index contributed by atoms with van der Waals surface area (Å²) in [5.41, 5.74) is -0.419. The minimum absolute atomic E-state index is 0.0333. The molecule has 0 spiro atoms. The van der Waals surface area contributed by atoms with E-state index in [4.69, 9.17) is 5.11 Å². The molecule has 18 heavy (non-hydrogen) atoms. The van der Waals surface area contributed by atoms with E-state index in [2.05, 4.69) is 9.72 Å². The molecule has 0 amide bonds. The first-order valence-electron chi connectivity index (χ1n) is 4.44. The fourth-order valence-corrected chi connectivity index (χ4v) is 1.94. The Labute approximate surface area is 112 Å². The molecule has 9 heteroatoms. The molecule has 0 radical (unpaired) electrons. The highest BCUT2D eigenvalue weighted by Gasteiger charge is 2.33. The molecule has 0 atom stereocenters. The third-order valence-corrected chi connectivity index (χ3v) is 2.49. The number of rotatable bonds is 4. The highest BCUT2D eigenvalue weighted by Crippen LogP contribution is 2.31. The normalized spacial score (nSPS) is 11.4. The molecule has 0 saturated heterocycles. The number of carbonyl (C=O) groups is 1. The predicted molar refractivity (Wildman–Crippen MR) is 59.8 cm³/mol. The summed E-state index contributed by atoms with van der Waals surface area (Å²) in [6.45, 7) is -1.21. The van der Waals surface area contributed by atoms with E-state index < -0.39 is 31.2 Å². The van der Waals surface area contributed by atoms with E-state index in [0.29, 0.717) is 0 Å².